The Kier molecular flexibility index (Phi) is 4.09. The topological polar surface area (TPSA) is 68.0 Å². The van der Waals surface area contributed by atoms with E-state index in [0.717, 1.165) is 5.69 Å². The molecule has 4 heteroatoms. The number of aromatic nitrogens is 1. The van der Waals surface area contributed by atoms with Crippen molar-refractivity contribution in [2.75, 3.05) is 5.73 Å². The molecule has 0 atom stereocenters. The summed E-state index contributed by atoms with van der Waals surface area (Å²) in [7, 11) is 0. The zero-order valence-corrected chi connectivity index (χ0v) is 9.16. The van der Waals surface area contributed by atoms with E-state index in [1.54, 1.807) is 18.3 Å². The van der Waals surface area contributed by atoms with E-state index in [2.05, 4.69) is 10.3 Å². The number of rotatable bonds is 4. The second-order valence-corrected chi connectivity index (χ2v) is 3.91. The fourth-order valence-electron chi connectivity index (χ4n) is 1.22. The maximum atomic E-state index is 11.4. The summed E-state index contributed by atoms with van der Waals surface area (Å²) < 4.78 is 0. The van der Waals surface area contributed by atoms with Crippen LogP contribution in [0.5, 0.6) is 0 Å². The van der Waals surface area contributed by atoms with Crippen molar-refractivity contribution >= 4 is 11.6 Å². The van der Waals surface area contributed by atoms with Crippen LogP contribution in [0.25, 0.3) is 0 Å². The van der Waals surface area contributed by atoms with Crippen LogP contribution in [0.15, 0.2) is 18.3 Å². The van der Waals surface area contributed by atoms with Crippen LogP contribution in [0.4, 0.5) is 5.69 Å². The van der Waals surface area contributed by atoms with E-state index >= 15 is 0 Å². The Bertz CT molecular complexity index is 336. The van der Waals surface area contributed by atoms with Gasteiger partial charge < -0.3 is 11.1 Å². The zero-order valence-electron chi connectivity index (χ0n) is 9.16. The minimum atomic E-state index is 0.0371. The Morgan fingerprint density at radius 1 is 1.60 bits per heavy atom. The third kappa shape index (κ3) is 3.97. The van der Waals surface area contributed by atoms with Crippen LogP contribution < -0.4 is 11.1 Å². The zero-order chi connectivity index (χ0) is 11.3. The lowest BCUT2D eigenvalue weighted by molar-refractivity contribution is -0.121. The normalized spacial score (nSPS) is 10.3. The van der Waals surface area contributed by atoms with Gasteiger partial charge in [-0.3, -0.25) is 9.78 Å². The second kappa shape index (κ2) is 5.34. The van der Waals surface area contributed by atoms with Crippen molar-refractivity contribution in [1.29, 1.82) is 0 Å². The molecule has 0 aliphatic carbocycles. The lowest BCUT2D eigenvalue weighted by Gasteiger charge is -2.07. The molecule has 1 rings (SSSR count). The molecule has 0 saturated heterocycles. The third-order valence-electron chi connectivity index (χ3n) is 1.97. The van der Waals surface area contributed by atoms with Gasteiger partial charge >= 0.3 is 0 Å². The van der Waals surface area contributed by atoms with Gasteiger partial charge in [-0.25, -0.2) is 0 Å². The SMILES string of the molecule is CC(C)CC(=O)NCc1ncccc1N. The average molecular weight is 207 g/mol. The molecule has 82 valence electrons. The van der Waals surface area contributed by atoms with E-state index in [-0.39, 0.29) is 5.91 Å². The molecule has 0 unspecified atom stereocenters. The molecule has 4 nitrogen and oxygen atoms in total. The van der Waals surface area contributed by atoms with E-state index in [1.807, 2.05) is 13.8 Å². The number of amides is 1. The van der Waals surface area contributed by atoms with Gasteiger partial charge in [0.1, 0.15) is 0 Å². The average Bonchev–Trinajstić information content (AvgIpc) is 2.15. The summed E-state index contributed by atoms with van der Waals surface area (Å²) in [5.41, 5.74) is 7.02. The standard InChI is InChI=1S/C11H17N3O/c1-8(2)6-11(15)14-7-10-9(12)4-3-5-13-10/h3-5,8H,6-7,12H2,1-2H3,(H,14,15). The minimum Gasteiger partial charge on any atom is -0.397 e. The van der Waals surface area contributed by atoms with E-state index < -0.39 is 0 Å². The smallest absolute Gasteiger partial charge is 0.220 e. The molecule has 0 radical (unpaired) electrons. The summed E-state index contributed by atoms with van der Waals surface area (Å²) in [6, 6.07) is 3.55. The van der Waals surface area contributed by atoms with Crippen LogP contribution in [-0.4, -0.2) is 10.9 Å². The maximum Gasteiger partial charge on any atom is 0.220 e. The fraction of sp³-hybridized carbons (Fsp3) is 0.455. The molecular formula is C11H17N3O. The number of nitrogens with two attached hydrogens (primary N) is 1. The molecule has 0 spiro atoms. The van der Waals surface area contributed by atoms with Crippen LogP contribution in [0.2, 0.25) is 0 Å². The first-order valence-electron chi connectivity index (χ1n) is 5.05. The first-order chi connectivity index (χ1) is 7.09. The highest BCUT2D eigenvalue weighted by Crippen LogP contribution is 2.06. The molecule has 0 aliphatic heterocycles. The van der Waals surface area contributed by atoms with E-state index in [4.69, 9.17) is 5.73 Å². The summed E-state index contributed by atoms with van der Waals surface area (Å²) in [4.78, 5) is 15.4. The Morgan fingerprint density at radius 3 is 2.93 bits per heavy atom. The summed E-state index contributed by atoms with van der Waals surface area (Å²) >= 11 is 0. The Labute approximate surface area is 89.9 Å². The monoisotopic (exact) mass is 207 g/mol. The van der Waals surface area contributed by atoms with Crippen LogP contribution >= 0.6 is 0 Å². The molecule has 0 fully saturated rings. The molecule has 3 N–H and O–H groups in total. The highest BCUT2D eigenvalue weighted by Gasteiger charge is 2.05. The van der Waals surface area contributed by atoms with Crippen molar-refractivity contribution in [3.05, 3.63) is 24.0 Å². The van der Waals surface area contributed by atoms with E-state index in [9.17, 15) is 4.79 Å². The molecule has 1 amide bonds. The first-order valence-corrected chi connectivity index (χ1v) is 5.05. The number of carbonyl (C=O) groups excluding carboxylic acids is 1. The van der Waals surface area contributed by atoms with Gasteiger partial charge in [-0.15, -0.1) is 0 Å². The van der Waals surface area contributed by atoms with Gasteiger partial charge in [0.2, 0.25) is 5.91 Å². The minimum absolute atomic E-state index is 0.0371. The predicted molar refractivity (Wildman–Crippen MR) is 60.0 cm³/mol. The number of nitrogens with one attached hydrogen (secondary N) is 1. The first kappa shape index (κ1) is 11.5. The highest BCUT2D eigenvalue weighted by molar-refractivity contribution is 5.76. The van der Waals surface area contributed by atoms with Crippen molar-refractivity contribution in [1.82, 2.24) is 10.3 Å². The molecule has 1 aromatic rings. The van der Waals surface area contributed by atoms with Crippen LogP contribution in [0, 0.1) is 5.92 Å². The summed E-state index contributed by atoms with van der Waals surface area (Å²) in [5.74, 6) is 0.404. The van der Waals surface area contributed by atoms with Gasteiger partial charge in [-0.2, -0.15) is 0 Å². The Balaban J connectivity index is 2.44. The quantitative estimate of drug-likeness (QED) is 0.782. The highest BCUT2D eigenvalue weighted by atomic mass is 16.1. The van der Waals surface area contributed by atoms with Gasteiger partial charge in [0.25, 0.3) is 0 Å². The van der Waals surface area contributed by atoms with Gasteiger partial charge in [0.05, 0.1) is 17.9 Å². The molecule has 0 bridgehead atoms. The molecular weight excluding hydrogens is 190 g/mol. The lowest BCUT2D eigenvalue weighted by atomic mass is 10.1. The fourth-order valence-corrected chi connectivity index (χ4v) is 1.22. The summed E-state index contributed by atoms with van der Waals surface area (Å²) in [6.07, 6.45) is 2.20. The van der Waals surface area contributed by atoms with Gasteiger partial charge in [-0.1, -0.05) is 13.8 Å². The number of carbonyl (C=O) groups is 1. The predicted octanol–water partition coefficient (Wildman–Crippen LogP) is 1.33. The van der Waals surface area contributed by atoms with Crippen molar-refractivity contribution in [3.8, 4) is 0 Å². The Morgan fingerprint density at radius 2 is 2.33 bits per heavy atom. The van der Waals surface area contributed by atoms with Crippen LogP contribution in [0.3, 0.4) is 0 Å². The molecule has 0 aromatic carbocycles. The molecule has 0 saturated carbocycles. The van der Waals surface area contributed by atoms with Gasteiger partial charge in [-0.05, 0) is 18.1 Å². The molecule has 1 heterocycles. The summed E-state index contributed by atoms with van der Waals surface area (Å²) in [5, 5.41) is 2.79. The largest absolute Gasteiger partial charge is 0.397 e. The number of hydrogen-bond acceptors (Lipinski definition) is 3. The third-order valence-corrected chi connectivity index (χ3v) is 1.97. The van der Waals surface area contributed by atoms with Crippen molar-refractivity contribution < 1.29 is 4.79 Å². The summed E-state index contributed by atoms with van der Waals surface area (Å²) in [6.45, 7) is 4.42. The van der Waals surface area contributed by atoms with Crippen molar-refractivity contribution in [2.45, 2.75) is 26.8 Å². The number of nitrogen functional groups attached to an aromatic ring is 1. The van der Waals surface area contributed by atoms with Crippen LogP contribution in [0.1, 0.15) is 26.0 Å². The van der Waals surface area contributed by atoms with Crippen molar-refractivity contribution in [3.63, 3.8) is 0 Å². The number of nitrogens with zero attached hydrogens (tertiary/aromatic N) is 1. The lowest BCUT2D eigenvalue weighted by Crippen LogP contribution is -2.24. The Hall–Kier alpha value is -1.58. The molecule has 0 aliphatic rings. The second-order valence-electron chi connectivity index (χ2n) is 3.91. The number of anilines is 1. The number of hydrogen-bond donors (Lipinski definition) is 2. The van der Waals surface area contributed by atoms with Crippen molar-refractivity contribution in [2.24, 2.45) is 5.92 Å². The van der Waals surface area contributed by atoms with Crippen LogP contribution in [-0.2, 0) is 11.3 Å². The van der Waals surface area contributed by atoms with E-state index in [0.29, 0.717) is 24.6 Å². The molecule has 1 aromatic heterocycles. The maximum absolute atomic E-state index is 11.4. The molecule has 15 heavy (non-hydrogen) atoms. The van der Waals surface area contributed by atoms with Gasteiger partial charge in [0.15, 0.2) is 0 Å². The van der Waals surface area contributed by atoms with Gasteiger partial charge in [0, 0.05) is 12.6 Å². The van der Waals surface area contributed by atoms with E-state index in [1.165, 1.54) is 0 Å². The number of pyridine rings is 1.